The van der Waals surface area contributed by atoms with Crippen molar-refractivity contribution < 1.29 is 14.3 Å². The molecule has 4 heteroatoms. The van der Waals surface area contributed by atoms with Gasteiger partial charge in [-0.25, -0.2) is 0 Å². The molecule has 0 radical (unpaired) electrons. The fourth-order valence-electron chi connectivity index (χ4n) is 3.43. The molecular weight excluding hydrogens is 326 g/mol. The van der Waals surface area contributed by atoms with E-state index < -0.39 is 0 Å². The summed E-state index contributed by atoms with van der Waals surface area (Å²) < 4.78 is 11.4. The van der Waals surface area contributed by atoms with Crippen molar-refractivity contribution in [3.63, 3.8) is 0 Å². The van der Waals surface area contributed by atoms with Crippen molar-refractivity contribution in [2.75, 3.05) is 7.11 Å². The van der Waals surface area contributed by atoms with E-state index in [4.69, 9.17) is 9.47 Å². The Labute approximate surface area is 155 Å². The summed E-state index contributed by atoms with van der Waals surface area (Å²) in [4.78, 5) is 12.6. The number of ether oxygens (including phenoxy) is 2. The first-order valence-corrected chi connectivity index (χ1v) is 9.00. The number of fused-ring (bicyclic) bond motifs is 1. The number of methoxy groups -OCH3 is 1. The molecule has 0 aromatic heterocycles. The minimum atomic E-state index is -0.349. The maximum atomic E-state index is 12.6. The van der Waals surface area contributed by atoms with Crippen molar-refractivity contribution in [2.24, 2.45) is 0 Å². The molecule has 1 aliphatic rings. The highest BCUT2D eigenvalue weighted by atomic mass is 16.5. The van der Waals surface area contributed by atoms with Gasteiger partial charge < -0.3 is 14.8 Å². The third-order valence-corrected chi connectivity index (χ3v) is 4.95. The first-order valence-electron chi connectivity index (χ1n) is 9.00. The quantitative estimate of drug-likeness (QED) is 0.893. The van der Waals surface area contributed by atoms with E-state index in [0.717, 1.165) is 29.0 Å². The summed E-state index contributed by atoms with van der Waals surface area (Å²) in [6.45, 7) is 8.23. The lowest BCUT2D eigenvalue weighted by Crippen LogP contribution is -2.41. The normalized spacial score (nSPS) is 17.8. The van der Waals surface area contributed by atoms with Crippen LogP contribution in [0.5, 0.6) is 11.5 Å². The zero-order valence-corrected chi connectivity index (χ0v) is 16.2. The van der Waals surface area contributed by atoms with Gasteiger partial charge in [0.1, 0.15) is 17.1 Å². The molecule has 3 rings (SSSR count). The van der Waals surface area contributed by atoms with Crippen LogP contribution in [-0.2, 0) is 11.2 Å². The average Bonchev–Trinajstić information content (AvgIpc) is 2.56. The molecule has 2 aromatic rings. The summed E-state index contributed by atoms with van der Waals surface area (Å²) in [5.74, 6) is 1.55. The van der Waals surface area contributed by atoms with Gasteiger partial charge in [-0.3, -0.25) is 4.79 Å². The van der Waals surface area contributed by atoms with E-state index in [2.05, 4.69) is 31.3 Å². The molecule has 138 valence electrons. The smallest absolute Gasteiger partial charge is 0.224 e. The van der Waals surface area contributed by atoms with Crippen LogP contribution in [0.2, 0.25) is 0 Å². The number of hydrogen-bond acceptors (Lipinski definition) is 3. The molecule has 1 aliphatic heterocycles. The van der Waals surface area contributed by atoms with Crippen molar-refractivity contribution >= 4 is 5.91 Å². The summed E-state index contributed by atoms with van der Waals surface area (Å²) in [6.07, 6.45) is 1.11. The summed E-state index contributed by atoms with van der Waals surface area (Å²) in [6, 6.07) is 11.9. The van der Waals surface area contributed by atoms with E-state index in [1.807, 2.05) is 38.1 Å². The predicted octanol–water partition coefficient (Wildman–Crippen LogP) is 4.27. The monoisotopic (exact) mass is 353 g/mol. The number of rotatable bonds is 4. The number of amides is 1. The van der Waals surface area contributed by atoms with Crippen LogP contribution in [0.1, 0.15) is 48.6 Å². The molecule has 26 heavy (non-hydrogen) atoms. The van der Waals surface area contributed by atoms with E-state index in [-0.39, 0.29) is 17.6 Å². The van der Waals surface area contributed by atoms with Crippen molar-refractivity contribution in [3.05, 3.63) is 58.7 Å². The van der Waals surface area contributed by atoms with Crippen LogP contribution in [-0.4, -0.2) is 18.6 Å². The van der Waals surface area contributed by atoms with Crippen molar-refractivity contribution in [1.29, 1.82) is 0 Å². The van der Waals surface area contributed by atoms with Gasteiger partial charge in [-0.05, 0) is 56.5 Å². The molecule has 0 fully saturated rings. The Kier molecular flexibility index (Phi) is 4.94. The zero-order chi connectivity index (χ0) is 18.9. The number of hydrogen-bond donors (Lipinski definition) is 1. The molecule has 2 aromatic carbocycles. The van der Waals surface area contributed by atoms with E-state index >= 15 is 0 Å². The molecule has 1 heterocycles. The summed E-state index contributed by atoms with van der Waals surface area (Å²) in [5.41, 5.74) is 4.13. The fraction of sp³-hybridized carbons (Fsp3) is 0.409. The topological polar surface area (TPSA) is 47.6 Å². The maximum Gasteiger partial charge on any atom is 0.224 e. The molecule has 0 aliphatic carbocycles. The van der Waals surface area contributed by atoms with Gasteiger partial charge in [0.05, 0.1) is 19.6 Å². The van der Waals surface area contributed by atoms with Crippen molar-refractivity contribution in [1.82, 2.24) is 5.32 Å². The fourth-order valence-corrected chi connectivity index (χ4v) is 3.43. The van der Waals surface area contributed by atoms with Crippen LogP contribution in [0, 0.1) is 13.8 Å². The highest BCUT2D eigenvalue weighted by Gasteiger charge is 2.34. The molecule has 0 unspecified atom stereocenters. The van der Waals surface area contributed by atoms with E-state index in [1.165, 1.54) is 11.1 Å². The van der Waals surface area contributed by atoms with Crippen molar-refractivity contribution in [2.45, 2.75) is 52.2 Å². The highest BCUT2D eigenvalue weighted by molar-refractivity contribution is 5.79. The molecule has 1 N–H and O–H groups in total. The number of aryl methyl sites for hydroxylation is 2. The number of carbonyl (C=O) groups excluding carboxylic acids is 1. The molecular formula is C22H27NO3. The summed E-state index contributed by atoms with van der Waals surface area (Å²) in [5, 5.41) is 3.19. The second-order valence-corrected chi connectivity index (χ2v) is 7.69. The third-order valence-electron chi connectivity index (χ3n) is 4.95. The average molecular weight is 353 g/mol. The number of benzene rings is 2. The summed E-state index contributed by atoms with van der Waals surface area (Å²) >= 11 is 0. The Morgan fingerprint density at radius 1 is 1.19 bits per heavy atom. The first-order chi connectivity index (χ1) is 12.3. The highest BCUT2D eigenvalue weighted by Crippen LogP contribution is 2.41. The SMILES string of the molecule is COc1ccc2c(c1)OC(C)(C)C[C@H]2NC(=O)Cc1ccc(C)c(C)c1. The second kappa shape index (κ2) is 7.02. The van der Waals surface area contributed by atoms with E-state index in [9.17, 15) is 4.79 Å². The molecule has 0 spiro atoms. The first kappa shape index (κ1) is 18.3. The molecule has 0 saturated heterocycles. The van der Waals surface area contributed by atoms with Gasteiger partial charge in [0.15, 0.2) is 0 Å². The Balaban J connectivity index is 1.78. The van der Waals surface area contributed by atoms with Crippen LogP contribution in [0.25, 0.3) is 0 Å². The summed E-state index contributed by atoms with van der Waals surface area (Å²) in [7, 11) is 1.64. The standard InChI is InChI=1S/C22H27NO3/c1-14-6-7-16(10-15(14)2)11-21(24)23-19-13-22(3,4)26-20-12-17(25-5)8-9-18(19)20/h6-10,12,19H,11,13H2,1-5H3,(H,23,24)/t19-/m1/s1. The van der Waals surface area contributed by atoms with Crippen LogP contribution in [0.4, 0.5) is 0 Å². The van der Waals surface area contributed by atoms with Crippen LogP contribution in [0.15, 0.2) is 36.4 Å². The molecule has 1 atom stereocenters. The van der Waals surface area contributed by atoms with Crippen LogP contribution >= 0.6 is 0 Å². The van der Waals surface area contributed by atoms with Crippen LogP contribution in [0.3, 0.4) is 0 Å². The minimum absolute atomic E-state index is 0.0257. The molecule has 1 amide bonds. The van der Waals surface area contributed by atoms with E-state index in [0.29, 0.717) is 6.42 Å². The Bertz CT molecular complexity index is 826. The molecule has 4 nitrogen and oxygen atoms in total. The number of carbonyl (C=O) groups is 1. The number of nitrogens with one attached hydrogen (secondary N) is 1. The van der Waals surface area contributed by atoms with E-state index in [1.54, 1.807) is 7.11 Å². The van der Waals surface area contributed by atoms with Gasteiger partial charge >= 0.3 is 0 Å². The van der Waals surface area contributed by atoms with Gasteiger partial charge in [-0.15, -0.1) is 0 Å². The van der Waals surface area contributed by atoms with Crippen molar-refractivity contribution in [3.8, 4) is 11.5 Å². The van der Waals surface area contributed by atoms with Gasteiger partial charge in [-0.1, -0.05) is 18.2 Å². The van der Waals surface area contributed by atoms with Gasteiger partial charge in [-0.2, -0.15) is 0 Å². The van der Waals surface area contributed by atoms with Gasteiger partial charge in [0.2, 0.25) is 5.91 Å². The lowest BCUT2D eigenvalue weighted by molar-refractivity contribution is -0.121. The maximum absolute atomic E-state index is 12.6. The third kappa shape index (κ3) is 4.01. The lowest BCUT2D eigenvalue weighted by atomic mass is 9.89. The Hall–Kier alpha value is -2.49. The largest absolute Gasteiger partial charge is 0.497 e. The Morgan fingerprint density at radius 2 is 1.96 bits per heavy atom. The second-order valence-electron chi connectivity index (χ2n) is 7.69. The molecule has 0 bridgehead atoms. The lowest BCUT2D eigenvalue weighted by Gasteiger charge is -2.38. The van der Waals surface area contributed by atoms with Gasteiger partial charge in [0, 0.05) is 18.1 Å². The Morgan fingerprint density at radius 3 is 2.65 bits per heavy atom. The van der Waals surface area contributed by atoms with Crippen LogP contribution < -0.4 is 14.8 Å². The molecule has 0 saturated carbocycles. The minimum Gasteiger partial charge on any atom is -0.497 e. The van der Waals surface area contributed by atoms with Gasteiger partial charge in [0.25, 0.3) is 0 Å². The predicted molar refractivity (Wildman–Crippen MR) is 103 cm³/mol. The zero-order valence-electron chi connectivity index (χ0n) is 16.2.